The molecule has 0 amide bonds. The summed E-state index contributed by atoms with van der Waals surface area (Å²) in [6.45, 7) is 3.53. The van der Waals surface area contributed by atoms with Crippen LogP contribution in [0.25, 0.3) is 0 Å². The summed E-state index contributed by atoms with van der Waals surface area (Å²) in [5, 5.41) is 9.09. The number of benzene rings is 1. The number of hydrogen-bond acceptors (Lipinski definition) is 4. The lowest BCUT2D eigenvalue weighted by Crippen LogP contribution is -2.29. The molecule has 0 aromatic heterocycles. The predicted molar refractivity (Wildman–Crippen MR) is 66.0 cm³/mol. The number of fused-ring (bicyclic) bond motifs is 1. The molecule has 1 aromatic carbocycles. The van der Waals surface area contributed by atoms with Gasteiger partial charge in [0.1, 0.15) is 0 Å². The van der Waals surface area contributed by atoms with E-state index < -0.39 is 17.8 Å². The lowest BCUT2D eigenvalue weighted by Gasteiger charge is -2.16. The van der Waals surface area contributed by atoms with E-state index in [9.17, 15) is 4.79 Å². The monoisotopic (exact) mass is 271 g/mol. The van der Waals surface area contributed by atoms with Gasteiger partial charge < -0.3 is 20.3 Å². The molecule has 1 heterocycles. The normalized spacial score (nSPS) is 17.6. The van der Waals surface area contributed by atoms with Crippen molar-refractivity contribution >= 4 is 17.6 Å². The molecule has 18 heavy (non-hydrogen) atoms. The maximum absolute atomic E-state index is 10.6. The zero-order valence-corrected chi connectivity index (χ0v) is 10.8. The minimum Gasteiger partial charge on any atom is -0.481 e. The molecule has 1 aliphatic heterocycles. The smallest absolute Gasteiger partial charge is 0.305 e. The lowest BCUT2D eigenvalue weighted by molar-refractivity contribution is -0.137. The molecule has 1 aliphatic rings. The van der Waals surface area contributed by atoms with E-state index in [4.69, 9.17) is 31.9 Å². The summed E-state index contributed by atoms with van der Waals surface area (Å²) >= 11 is 6.07. The van der Waals surface area contributed by atoms with Crippen LogP contribution in [0.5, 0.6) is 11.5 Å². The molecule has 5 nitrogen and oxygen atoms in total. The molecular weight excluding hydrogens is 258 g/mol. The van der Waals surface area contributed by atoms with Crippen LogP contribution in [0.2, 0.25) is 5.02 Å². The molecule has 0 bridgehead atoms. The number of halogens is 1. The highest BCUT2D eigenvalue weighted by Gasteiger charge is 2.34. The second-order valence-corrected chi connectivity index (χ2v) is 5.05. The highest BCUT2D eigenvalue weighted by Crippen LogP contribution is 2.45. The Morgan fingerprint density at radius 2 is 2.17 bits per heavy atom. The Bertz CT molecular complexity index is 501. The summed E-state index contributed by atoms with van der Waals surface area (Å²) in [7, 11) is 0. The molecule has 98 valence electrons. The minimum atomic E-state index is -0.961. The molecule has 6 heteroatoms. The Morgan fingerprint density at radius 3 is 2.78 bits per heavy atom. The van der Waals surface area contributed by atoms with Gasteiger partial charge in [-0.1, -0.05) is 11.6 Å². The summed E-state index contributed by atoms with van der Waals surface area (Å²) in [6, 6.07) is 2.65. The van der Waals surface area contributed by atoms with Crippen LogP contribution in [0.3, 0.4) is 0 Å². The number of nitrogens with two attached hydrogens (primary N) is 1. The second-order valence-electron chi connectivity index (χ2n) is 4.64. The molecule has 0 radical (unpaired) electrons. The summed E-state index contributed by atoms with van der Waals surface area (Å²) in [5.41, 5.74) is 6.40. The van der Waals surface area contributed by atoms with E-state index >= 15 is 0 Å². The topological polar surface area (TPSA) is 81.8 Å². The van der Waals surface area contributed by atoms with Gasteiger partial charge in [0.05, 0.1) is 11.4 Å². The Kier molecular flexibility index (Phi) is 3.12. The Labute approximate surface area is 109 Å². The molecule has 1 unspecified atom stereocenters. The third-order valence-electron chi connectivity index (χ3n) is 2.56. The first-order chi connectivity index (χ1) is 8.28. The first-order valence-electron chi connectivity index (χ1n) is 5.47. The SMILES string of the molecule is CC1(C)Oc2cc(C(N)CC(=O)O)cc(Cl)c2O1. The van der Waals surface area contributed by atoms with Crippen molar-refractivity contribution in [1.82, 2.24) is 0 Å². The van der Waals surface area contributed by atoms with E-state index in [0.717, 1.165) is 0 Å². The van der Waals surface area contributed by atoms with Crippen LogP contribution in [0, 0.1) is 0 Å². The average Bonchev–Trinajstić information content (AvgIpc) is 2.52. The van der Waals surface area contributed by atoms with Gasteiger partial charge in [0.15, 0.2) is 11.5 Å². The maximum Gasteiger partial charge on any atom is 0.305 e. The van der Waals surface area contributed by atoms with Crippen LogP contribution >= 0.6 is 11.6 Å². The van der Waals surface area contributed by atoms with Gasteiger partial charge in [0, 0.05) is 19.9 Å². The van der Waals surface area contributed by atoms with Crippen LogP contribution in [-0.2, 0) is 4.79 Å². The molecule has 0 fully saturated rings. The molecule has 0 spiro atoms. The van der Waals surface area contributed by atoms with E-state index in [2.05, 4.69) is 0 Å². The van der Waals surface area contributed by atoms with Crippen LogP contribution in [-0.4, -0.2) is 16.9 Å². The predicted octanol–water partition coefficient (Wildman–Crippen LogP) is 2.32. The quantitative estimate of drug-likeness (QED) is 0.882. The fourth-order valence-electron chi connectivity index (χ4n) is 1.81. The highest BCUT2D eigenvalue weighted by molar-refractivity contribution is 6.32. The summed E-state index contributed by atoms with van der Waals surface area (Å²) in [6.07, 6.45) is -0.167. The molecule has 1 atom stereocenters. The number of aliphatic carboxylic acids is 1. The van der Waals surface area contributed by atoms with Crippen molar-refractivity contribution in [3.05, 3.63) is 22.7 Å². The number of carbonyl (C=O) groups is 1. The minimum absolute atomic E-state index is 0.167. The fourth-order valence-corrected chi connectivity index (χ4v) is 2.07. The van der Waals surface area contributed by atoms with Gasteiger partial charge in [-0.05, 0) is 17.7 Å². The summed E-state index contributed by atoms with van der Waals surface area (Å²) < 4.78 is 11.1. The van der Waals surface area contributed by atoms with Crippen molar-refractivity contribution in [3.8, 4) is 11.5 Å². The molecule has 1 aromatic rings. The van der Waals surface area contributed by atoms with Crippen molar-refractivity contribution in [2.45, 2.75) is 32.1 Å². The first-order valence-corrected chi connectivity index (χ1v) is 5.85. The molecule has 0 saturated carbocycles. The number of rotatable bonds is 3. The highest BCUT2D eigenvalue weighted by atomic mass is 35.5. The van der Waals surface area contributed by atoms with E-state index in [0.29, 0.717) is 22.1 Å². The van der Waals surface area contributed by atoms with Gasteiger partial charge in [-0.25, -0.2) is 0 Å². The number of ether oxygens (including phenoxy) is 2. The van der Waals surface area contributed by atoms with Crippen LogP contribution in [0.15, 0.2) is 12.1 Å². The maximum atomic E-state index is 10.6. The Morgan fingerprint density at radius 1 is 1.50 bits per heavy atom. The van der Waals surface area contributed by atoms with E-state index in [1.54, 1.807) is 26.0 Å². The van der Waals surface area contributed by atoms with Crippen LogP contribution in [0.1, 0.15) is 31.9 Å². The largest absolute Gasteiger partial charge is 0.481 e. The van der Waals surface area contributed by atoms with E-state index in [1.807, 2.05) is 0 Å². The van der Waals surface area contributed by atoms with Crippen molar-refractivity contribution in [2.75, 3.05) is 0 Å². The van der Waals surface area contributed by atoms with Gasteiger partial charge in [0.2, 0.25) is 5.79 Å². The number of carboxylic acids is 1. The van der Waals surface area contributed by atoms with E-state index in [-0.39, 0.29) is 6.42 Å². The van der Waals surface area contributed by atoms with Crippen molar-refractivity contribution in [3.63, 3.8) is 0 Å². The van der Waals surface area contributed by atoms with Gasteiger partial charge in [0.25, 0.3) is 0 Å². The van der Waals surface area contributed by atoms with Gasteiger partial charge in [-0.3, -0.25) is 4.79 Å². The molecule has 3 N–H and O–H groups in total. The van der Waals surface area contributed by atoms with Crippen LogP contribution < -0.4 is 15.2 Å². The van der Waals surface area contributed by atoms with E-state index in [1.165, 1.54) is 0 Å². The van der Waals surface area contributed by atoms with Crippen molar-refractivity contribution < 1.29 is 19.4 Å². The fraction of sp³-hybridized carbons (Fsp3) is 0.417. The second kappa shape index (κ2) is 4.33. The number of carboxylic acid groups (broad SMARTS) is 1. The molecule has 2 rings (SSSR count). The van der Waals surface area contributed by atoms with Crippen molar-refractivity contribution in [2.24, 2.45) is 5.73 Å². The zero-order chi connectivity index (χ0) is 13.5. The zero-order valence-electron chi connectivity index (χ0n) is 10.1. The third-order valence-corrected chi connectivity index (χ3v) is 2.84. The van der Waals surface area contributed by atoms with Gasteiger partial charge in [-0.15, -0.1) is 0 Å². The Hall–Kier alpha value is -1.46. The van der Waals surface area contributed by atoms with Gasteiger partial charge >= 0.3 is 5.97 Å². The lowest BCUT2D eigenvalue weighted by atomic mass is 10.0. The molecule has 0 aliphatic carbocycles. The van der Waals surface area contributed by atoms with Crippen molar-refractivity contribution in [1.29, 1.82) is 0 Å². The number of hydrogen-bond donors (Lipinski definition) is 2. The average molecular weight is 272 g/mol. The first kappa shape index (κ1) is 13.0. The third kappa shape index (κ3) is 2.52. The summed E-state index contributed by atoms with van der Waals surface area (Å²) in [5.74, 6) is -0.783. The molecule has 0 saturated heterocycles. The molecular formula is C12H14ClNO4. The van der Waals surface area contributed by atoms with Crippen LogP contribution in [0.4, 0.5) is 0 Å². The summed E-state index contributed by atoms with van der Waals surface area (Å²) in [4.78, 5) is 10.6. The van der Waals surface area contributed by atoms with Gasteiger partial charge in [-0.2, -0.15) is 0 Å². The Balaban J connectivity index is 2.32. The standard InChI is InChI=1S/C12H14ClNO4/c1-12(2)17-9-4-6(8(14)5-10(15)16)3-7(13)11(9)18-12/h3-4,8H,5,14H2,1-2H3,(H,15,16).